The van der Waals surface area contributed by atoms with E-state index in [-0.39, 0.29) is 5.56 Å². The highest BCUT2D eigenvalue weighted by atomic mass is 35.5. The Labute approximate surface area is 136 Å². The van der Waals surface area contributed by atoms with Crippen LogP contribution in [0.25, 0.3) is 22.7 Å². The highest BCUT2D eigenvalue weighted by molar-refractivity contribution is 6.30. The molecule has 0 unspecified atom stereocenters. The van der Waals surface area contributed by atoms with Crippen molar-refractivity contribution in [3.63, 3.8) is 0 Å². The van der Waals surface area contributed by atoms with Crippen LogP contribution in [0, 0.1) is 13.8 Å². The van der Waals surface area contributed by atoms with Gasteiger partial charge in [-0.05, 0) is 37.6 Å². The van der Waals surface area contributed by atoms with Crippen molar-refractivity contribution in [3.8, 4) is 11.4 Å². The number of nitrogens with zero attached hydrogens (tertiary/aromatic N) is 5. The van der Waals surface area contributed by atoms with Crippen LogP contribution in [0.1, 0.15) is 11.3 Å². The zero-order valence-corrected chi connectivity index (χ0v) is 13.2. The topological polar surface area (TPSA) is 64.6 Å². The van der Waals surface area contributed by atoms with Gasteiger partial charge in [-0.1, -0.05) is 11.6 Å². The van der Waals surface area contributed by atoms with E-state index in [1.807, 2.05) is 26.1 Å². The quantitative estimate of drug-likeness (QED) is 0.539. The Kier molecular flexibility index (Phi) is 2.96. The van der Waals surface area contributed by atoms with E-state index in [0.29, 0.717) is 22.1 Å². The Morgan fingerprint density at radius 3 is 2.70 bits per heavy atom. The molecule has 0 aliphatic heterocycles. The number of hydrogen-bond donors (Lipinski definition) is 0. The monoisotopic (exact) mass is 325 g/mol. The number of aryl methyl sites for hydroxylation is 2. The summed E-state index contributed by atoms with van der Waals surface area (Å²) in [4.78, 5) is 21.2. The molecule has 0 amide bonds. The van der Waals surface area contributed by atoms with E-state index in [2.05, 4.69) is 15.1 Å². The predicted molar refractivity (Wildman–Crippen MR) is 87.9 cm³/mol. The Morgan fingerprint density at radius 2 is 1.87 bits per heavy atom. The second kappa shape index (κ2) is 4.89. The summed E-state index contributed by atoms with van der Waals surface area (Å²) >= 11 is 5.93. The average Bonchev–Trinajstić information content (AvgIpc) is 2.89. The van der Waals surface area contributed by atoms with Gasteiger partial charge < -0.3 is 0 Å². The second-order valence-corrected chi connectivity index (χ2v) is 5.85. The van der Waals surface area contributed by atoms with Gasteiger partial charge >= 0.3 is 0 Å². The van der Waals surface area contributed by atoms with Crippen LogP contribution < -0.4 is 5.56 Å². The van der Waals surface area contributed by atoms with Crippen LogP contribution in [-0.2, 0) is 0 Å². The number of aromatic nitrogens is 5. The molecule has 0 aliphatic rings. The van der Waals surface area contributed by atoms with E-state index < -0.39 is 0 Å². The van der Waals surface area contributed by atoms with Crippen LogP contribution in [0.15, 0.2) is 41.5 Å². The molecule has 4 aromatic heterocycles. The molecule has 4 rings (SSSR count). The third kappa shape index (κ3) is 2.27. The first kappa shape index (κ1) is 13.9. The fraction of sp³-hybridized carbons (Fsp3) is 0.125. The molecule has 0 fully saturated rings. The number of hydrogen-bond acceptors (Lipinski definition) is 4. The zero-order chi connectivity index (χ0) is 16.1. The minimum absolute atomic E-state index is 0.200. The van der Waals surface area contributed by atoms with Crippen LogP contribution in [0.3, 0.4) is 0 Å². The molecule has 0 atom stereocenters. The van der Waals surface area contributed by atoms with Crippen LogP contribution >= 0.6 is 11.6 Å². The van der Waals surface area contributed by atoms with Crippen LogP contribution in [-0.4, -0.2) is 24.0 Å². The van der Waals surface area contributed by atoms with E-state index in [0.717, 1.165) is 16.9 Å². The van der Waals surface area contributed by atoms with Gasteiger partial charge in [0, 0.05) is 12.3 Å². The van der Waals surface area contributed by atoms with Gasteiger partial charge in [0.25, 0.3) is 5.56 Å². The number of pyridine rings is 1. The molecule has 0 bridgehead atoms. The summed E-state index contributed by atoms with van der Waals surface area (Å²) in [6, 6.07) is 6.75. The van der Waals surface area contributed by atoms with Gasteiger partial charge in [-0.3, -0.25) is 9.20 Å². The van der Waals surface area contributed by atoms with E-state index >= 15 is 0 Å². The molecule has 0 saturated carbocycles. The lowest BCUT2D eigenvalue weighted by Gasteiger charge is -2.06. The summed E-state index contributed by atoms with van der Waals surface area (Å²) in [6.45, 7) is 3.87. The molecular formula is C16H12ClN5O. The van der Waals surface area contributed by atoms with Crippen molar-refractivity contribution in [2.45, 2.75) is 13.8 Å². The third-order valence-electron chi connectivity index (χ3n) is 3.62. The van der Waals surface area contributed by atoms with Crippen LogP contribution in [0.4, 0.5) is 0 Å². The number of imidazole rings is 1. The molecule has 0 spiro atoms. The van der Waals surface area contributed by atoms with Crippen molar-refractivity contribution in [3.05, 3.63) is 63.3 Å². The van der Waals surface area contributed by atoms with Crippen molar-refractivity contribution in [1.82, 2.24) is 24.0 Å². The molecule has 6 nitrogen and oxygen atoms in total. The molecule has 4 aromatic rings. The summed E-state index contributed by atoms with van der Waals surface area (Å²) in [6.07, 6.45) is 3.40. The zero-order valence-electron chi connectivity index (χ0n) is 12.5. The predicted octanol–water partition coefficient (Wildman–Crippen LogP) is 2.67. The number of rotatable bonds is 1. The molecule has 114 valence electrons. The van der Waals surface area contributed by atoms with Crippen LogP contribution in [0.2, 0.25) is 5.02 Å². The molecule has 0 N–H and O–H groups in total. The van der Waals surface area contributed by atoms with Crippen molar-refractivity contribution in [1.29, 1.82) is 0 Å². The third-order valence-corrected chi connectivity index (χ3v) is 3.84. The van der Waals surface area contributed by atoms with E-state index in [1.54, 1.807) is 22.8 Å². The fourth-order valence-electron chi connectivity index (χ4n) is 2.58. The minimum Gasteiger partial charge on any atom is -0.269 e. The maximum Gasteiger partial charge on any atom is 0.258 e. The van der Waals surface area contributed by atoms with Gasteiger partial charge in [-0.25, -0.2) is 14.5 Å². The van der Waals surface area contributed by atoms with Gasteiger partial charge in [0.15, 0.2) is 5.65 Å². The maximum absolute atomic E-state index is 12.3. The summed E-state index contributed by atoms with van der Waals surface area (Å²) < 4.78 is 3.13. The smallest absolute Gasteiger partial charge is 0.258 e. The molecule has 0 saturated heterocycles. The first-order valence-electron chi connectivity index (χ1n) is 7.04. The van der Waals surface area contributed by atoms with Crippen molar-refractivity contribution in [2.75, 3.05) is 0 Å². The molecule has 23 heavy (non-hydrogen) atoms. The van der Waals surface area contributed by atoms with Crippen molar-refractivity contribution >= 4 is 22.9 Å². The first-order valence-corrected chi connectivity index (χ1v) is 7.42. The molecule has 4 heterocycles. The summed E-state index contributed by atoms with van der Waals surface area (Å²) in [7, 11) is 0. The van der Waals surface area contributed by atoms with Crippen molar-refractivity contribution < 1.29 is 0 Å². The standard InChI is InChI=1S/C16H12ClN5O/c1-9-5-13(20-22-7-10(2)18-16(9)22)12-6-15(23)21-8-11(17)3-4-14(21)19-12/h3-8H,1-2H3. The lowest BCUT2D eigenvalue weighted by atomic mass is 10.2. The van der Waals surface area contributed by atoms with Gasteiger partial charge in [0.1, 0.15) is 11.3 Å². The average molecular weight is 326 g/mol. The fourth-order valence-corrected chi connectivity index (χ4v) is 2.74. The Hall–Kier alpha value is -2.73. The Morgan fingerprint density at radius 1 is 1.04 bits per heavy atom. The van der Waals surface area contributed by atoms with Gasteiger partial charge in [-0.15, -0.1) is 0 Å². The highest BCUT2D eigenvalue weighted by Gasteiger charge is 2.10. The van der Waals surface area contributed by atoms with Gasteiger partial charge in [0.2, 0.25) is 0 Å². The number of fused-ring (bicyclic) bond motifs is 2. The lowest BCUT2D eigenvalue weighted by Crippen LogP contribution is -2.14. The van der Waals surface area contributed by atoms with Gasteiger partial charge in [-0.2, -0.15) is 5.10 Å². The largest absolute Gasteiger partial charge is 0.269 e. The SMILES string of the molecule is Cc1cn2nc(-c3cc(=O)n4cc(Cl)ccc4n3)cc(C)c2n1. The molecule has 0 aliphatic carbocycles. The second-order valence-electron chi connectivity index (χ2n) is 5.42. The number of halogens is 1. The first-order chi connectivity index (χ1) is 11.0. The molecular weight excluding hydrogens is 314 g/mol. The molecule has 7 heteroatoms. The lowest BCUT2D eigenvalue weighted by molar-refractivity contribution is 0.925. The Bertz CT molecular complexity index is 1130. The maximum atomic E-state index is 12.3. The van der Waals surface area contributed by atoms with Crippen molar-refractivity contribution in [2.24, 2.45) is 0 Å². The van der Waals surface area contributed by atoms with Gasteiger partial charge in [0.05, 0.1) is 22.6 Å². The van der Waals surface area contributed by atoms with Crippen LogP contribution in [0.5, 0.6) is 0 Å². The Balaban J connectivity index is 1.98. The summed E-state index contributed by atoms with van der Waals surface area (Å²) in [5, 5.41) is 4.99. The van der Waals surface area contributed by atoms with E-state index in [4.69, 9.17) is 11.6 Å². The summed E-state index contributed by atoms with van der Waals surface area (Å²) in [5.74, 6) is 0. The van der Waals surface area contributed by atoms with E-state index in [1.165, 1.54) is 10.5 Å². The normalized spacial score (nSPS) is 11.4. The minimum atomic E-state index is -0.200. The highest BCUT2D eigenvalue weighted by Crippen LogP contribution is 2.18. The van der Waals surface area contributed by atoms with E-state index in [9.17, 15) is 4.79 Å². The summed E-state index contributed by atoms with van der Waals surface area (Å²) in [5.41, 5.74) is 4.14. The molecule has 0 radical (unpaired) electrons. The molecule has 0 aromatic carbocycles.